The van der Waals surface area contributed by atoms with Crippen molar-refractivity contribution < 1.29 is 4.92 Å². The van der Waals surface area contributed by atoms with Crippen LogP contribution in [0.3, 0.4) is 0 Å². The van der Waals surface area contributed by atoms with Gasteiger partial charge in [-0.2, -0.15) is 11.8 Å². The zero-order chi connectivity index (χ0) is 13.9. The number of aryl methyl sites for hydroxylation is 1. The topological polar surface area (TPSA) is 55.2 Å². The third-order valence-electron chi connectivity index (χ3n) is 3.97. The van der Waals surface area contributed by atoms with Crippen LogP contribution in [0.15, 0.2) is 18.2 Å². The van der Waals surface area contributed by atoms with E-state index in [2.05, 4.69) is 11.6 Å². The van der Waals surface area contributed by atoms with E-state index in [1.165, 1.54) is 25.7 Å². The lowest BCUT2D eigenvalue weighted by atomic mass is 10.1. The summed E-state index contributed by atoms with van der Waals surface area (Å²) in [5.74, 6) is 0. The van der Waals surface area contributed by atoms with Gasteiger partial charge in [0.25, 0.3) is 5.69 Å². The van der Waals surface area contributed by atoms with Crippen LogP contribution in [0.1, 0.15) is 31.2 Å². The molecule has 0 bridgehead atoms. The van der Waals surface area contributed by atoms with E-state index in [9.17, 15) is 10.1 Å². The van der Waals surface area contributed by atoms with Crippen LogP contribution in [0.25, 0.3) is 0 Å². The van der Waals surface area contributed by atoms with Crippen LogP contribution in [0.2, 0.25) is 0 Å². The van der Waals surface area contributed by atoms with Gasteiger partial charge in [-0.25, -0.2) is 0 Å². The van der Waals surface area contributed by atoms with Crippen LogP contribution >= 0.6 is 11.8 Å². The molecule has 0 unspecified atom stereocenters. The van der Waals surface area contributed by atoms with Crippen LogP contribution in [0, 0.1) is 17.0 Å². The van der Waals surface area contributed by atoms with Crippen molar-refractivity contribution in [3.63, 3.8) is 0 Å². The Morgan fingerprint density at radius 2 is 2.11 bits per heavy atom. The Balaban J connectivity index is 2.07. The lowest BCUT2D eigenvalue weighted by molar-refractivity contribution is -0.385. The Kier molecular flexibility index (Phi) is 4.34. The number of anilines is 1. The molecule has 0 aromatic heterocycles. The smallest absolute Gasteiger partial charge is 0.274 e. The number of nitrogens with zero attached hydrogens (tertiary/aromatic N) is 1. The number of thioether (sulfide) groups is 1. The molecule has 4 nitrogen and oxygen atoms in total. The van der Waals surface area contributed by atoms with Crippen molar-refractivity contribution in [3.8, 4) is 0 Å². The highest BCUT2D eigenvalue weighted by atomic mass is 32.2. The molecule has 1 N–H and O–H groups in total. The van der Waals surface area contributed by atoms with Gasteiger partial charge in [0.15, 0.2) is 0 Å². The minimum Gasteiger partial charge on any atom is -0.383 e. The standard InChI is InChI=1S/C14H20N2O2S/c1-11-5-6-12(9-13(11)16(17)18)15-10-14(19-2)7-3-4-8-14/h5-6,9,15H,3-4,7-8,10H2,1-2H3. The summed E-state index contributed by atoms with van der Waals surface area (Å²) in [5, 5.41) is 14.3. The molecular weight excluding hydrogens is 260 g/mol. The minimum atomic E-state index is -0.319. The molecule has 0 aliphatic heterocycles. The van der Waals surface area contributed by atoms with Crippen LogP contribution in [-0.4, -0.2) is 22.5 Å². The van der Waals surface area contributed by atoms with Gasteiger partial charge in [-0.05, 0) is 32.1 Å². The number of benzene rings is 1. The average molecular weight is 280 g/mol. The molecule has 0 heterocycles. The number of hydrogen-bond donors (Lipinski definition) is 1. The van der Waals surface area contributed by atoms with Crippen LogP contribution < -0.4 is 5.32 Å². The number of nitrogens with one attached hydrogen (secondary N) is 1. The second kappa shape index (κ2) is 5.82. The molecule has 0 saturated heterocycles. The second-order valence-electron chi connectivity index (χ2n) is 5.21. The van der Waals surface area contributed by atoms with E-state index in [4.69, 9.17) is 0 Å². The van der Waals surface area contributed by atoms with Gasteiger partial charge in [0.2, 0.25) is 0 Å². The maximum atomic E-state index is 10.9. The fourth-order valence-corrected chi connectivity index (χ4v) is 3.57. The second-order valence-corrected chi connectivity index (χ2v) is 6.48. The van der Waals surface area contributed by atoms with Crippen molar-refractivity contribution in [3.05, 3.63) is 33.9 Å². The molecule has 0 spiro atoms. The molecule has 5 heteroatoms. The van der Waals surface area contributed by atoms with E-state index in [1.54, 1.807) is 19.1 Å². The summed E-state index contributed by atoms with van der Waals surface area (Å²) in [7, 11) is 0. The molecule has 1 saturated carbocycles. The molecule has 1 aliphatic carbocycles. The Labute approximate surface area is 118 Å². The number of nitro groups is 1. The average Bonchev–Trinajstić information content (AvgIpc) is 2.87. The van der Waals surface area contributed by atoms with E-state index in [0.29, 0.717) is 10.3 Å². The molecule has 0 amide bonds. The first-order valence-corrected chi connectivity index (χ1v) is 7.83. The SMILES string of the molecule is CSC1(CNc2ccc(C)c([N+](=O)[O-])c2)CCCC1. The van der Waals surface area contributed by atoms with E-state index < -0.39 is 0 Å². The molecule has 1 aliphatic rings. The lowest BCUT2D eigenvalue weighted by Crippen LogP contribution is -2.30. The van der Waals surface area contributed by atoms with Crippen LogP contribution in [-0.2, 0) is 0 Å². The lowest BCUT2D eigenvalue weighted by Gasteiger charge is -2.27. The van der Waals surface area contributed by atoms with E-state index >= 15 is 0 Å². The summed E-state index contributed by atoms with van der Waals surface area (Å²) in [6.07, 6.45) is 7.20. The highest BCUT2D eigenvalue weighted by molar-refractivity contribution is 8.00. The molecule has 0 radical (unpaired) electrons. The first-order chi connectivity index (χ1) is 9.06. The van der Waals surface area contributed by atoms with Gasteiger partial charge in [0.1, 0.15) is 0 Å². The molecule has 2 rings (SSSR count). The third kappa shape index (κ3) is 3.21. The van der Waals surface area contributed by atoms with Gasteiger partial charge < -0.3 is 5.32 Å². The van der Waals surface area contributed by atoms with Gasteiger partial charge in [0.05, 0.1) is 4.92 Å². The van der Waals surface area contributed by atoms with Crippen LogP contribution in [0.5, 0.6) is 0 Å². The molecule has 104 valence electrons. The van der Waals surface area contributed by atoms with E-state index in [1.807, 2.05) is 17.8 Å². The molecule has 0 atom stereocenters. The van der Waals surface area contributed by atoms with Gasteiger partial charge in [-0.3, -0.25) is 10.1 Å². The molecule has 1 aromatic carbocycles. The highest BCUT2D eigenvalue weighted by Gasteiger charge is 2.32. The van der Waals surface area contributed by atoms with Gasteiger partial charge in [-0.1, -0.05) is 18.9 Å². The van der Waals surface area contributed by atoms with Gasteiger partial charge in [-0.15, -0.1) is 0 Å². The zero-order valence-corrected chi connectivity index (χ0v) is 12.3. The fraction of sp³-hybridized carbons (Fsp3) is 0.571. The summed E-state index contributed by atoms with van der Waals surface area (Å²) >= 11 is 1.92. The summed E-state index contributed by atoms with van der Waals surface area (Å²) in [4.78, 5) is 10.6. The summed E-state index contributed by atoms with van der Waals surface area (Å²) < 4.78 is 0.305. The third-order valence-corrected chi connectivity index (χ3v) is 5.39. The molecule has 1 aromatic rings. The quantitative estimate of drug-likeness (QED) is 0.654. The number of rotatable bonds is 5. The summed E-state index contributed by atoms with van der Waals surface area (Å²) in [6.45, 7) is 2.65. The fourth-order valence-electron chi connectivity index (χ4n) is 2.65. The Morgan fingerprint density at radius 1 is 1.42 bits per heavy atom. The Hall–Kier alpha value is -1.23. The number of nitro benzene ring substituents is 1. The molecular formula is C14H20N2O2S. The number of hydrogen-bond acceptors (Lipinski definition) is 4. The Morgan fingerprint density at radius 3 is 2.68 bits per heavy atom. The summed E-state index contributed by atoms with van der Waals surface area (Å²) in [5.41, 5.74) is 1.74. The first kappa shape index (κ1) is 14.2. The normalized spacial score (nSPS) is 17.4. The Bertz CT molecular complexity index is 471. The minimum absolute atomic E-state index is 0.189. The maximum absolute atomic E-state index is 10.9. The van der Waals surface area contributed by atoms with Crippen LogP contribution in [0.4, 0.5) is 11.4 Å². The van der Waals surface area contributed by atoms with Crippen molar-refractivity contribution in [1.29, 1.82) is 0 Å². The maximum Gasteiger partial charge on any atom is 0.274 e. The van der Waals surface area contributed by atoms with Crippen molar-refractivity contribution in [1.82, 2.24) is 0 Å². The summed E-state index contributed by atoms with van der Waals surface area (Å²) in [6, 6.07) is 5.37. The van der Waals surface area contributed by atoms with E-state index in [-0.39, 0.29) is 10.6 Å². The van der Waals surface area contributed by atoms with E-state index in [0.717, 1.165) is 12.2 Å². The van der Waals surface area contributed by atoms with Gasteiger partial charge >= 0.3 is 0 Å². The first-order valence-electron chi connectivity index (χ1n) is 6.60. The van der Waals surface area contributed by atoms with Crippen molar-refractivity contribution in [2.45, 2.75) is 37.4 Å². The largest absolute Gasteiger partial charge is 0.383 e. The molecule has 1 fully saturated rings. The van der Waals surface area contributed by atoms with Crippen molar-refractivity contribution in [2.24, 2.45) is 0 Å². The highest BCUT2D eigenvalue weighted by Crippen LogP contribution is 2.40. The van der Waals surface area contributed by atoms with Crippen molar-refractivity contribution >= 4 is 23.1 Å². The zero-order valence-electron chi connectivity index (χ0n) is 11.4. The monoisotopic (exact) mass is 280 g/mol. The predicted octanol–water partition coefficient (Wildman–Crippen LogP) is 3.99. The predicted molar refractivity (Wildman–Crippen MR) is 81.0 cm³/mol. The molecule has 19 heavy (non-hydrogen) atoms. The van der Waals surface area contributed by atoms with Crippen molar-refractivity contribution in [2.75, 3.05) is 18.1 Å². The van der Waals surface area contributed by atoms with Gasteiger partial charge in [0, 0.05) is 28.6 Å².